The lowest BCUT2D eigenvalue weighted by Crippen LogP contribution is -2.29. The minimum absolute atomic E-state index is 0.135. The molecular formula is C14H19NO2S. The lowest BCUT2D eigenvalue weighted by Gasteiger charge is -2.19. The van der Waals surface area contributed by atoms with E-state index in [0.717, 1.165) is 19.5 Å². The largest absolute Gasteiger partial charge is 0.469 e. The average molecular weight is 265 g/mol. The SMILES string of the molecule is COC(=O)CCN(C)CC1Cc2ccccc2S1. The number of fused-ring (bicyclic) bond motifs is 1. The molecule has 98 valence electrons. The molecule has 1 aliphatic rings. The molecule has 2 rings (SSSR count). The average Bonchev–Trinajstić information content (AvgIpc) is 2.77. The van der Waals surface area contributed by atoms with Crippen molar-refractivity contribution in [3.05, 3.63) is 29.8 Å². The van der Waals surface area contributed by atoms with Crippen LogP contribution in [0, 0.1) is 0 Å². The Kier molecular flexibility index (Phi) is 4.66. The Morgan fingerprint density at radius 2 is 2.28 bits per heavy atom. The van der Waals surface area contributed by atoms with Gasteiger partial charge in [-0.15, -0.1) is 11.8 Å². The van der Waals surface area contributed by atoms with Crippen LogP contribution in [0.1, 0.15) is 12.0 Å². The van der Waals surface area contributed by atoms with Gasteiger partial charge in [0, 0.05) is 23.2 Å². The Hall–Kier alpha value is -1.00. The van der Waals surface area contributed by atoms with Gasteiger partial charge in [0.1, 0.15) is 0 Å². The normalized spacial score (nSPS) is 17.8. The van der Waals surface area contributed by atoms with Gasteiger partial charge in [0.05, 0.1) is 13.5 Å². The third-order valence-electron chi connectivity index (χ3n) is 3.15. The molecule has 4 heteroatoms. The fourth-order valence-electron chi connectivity index (χ4n) is 2.18. The van der Waals surface area contributed by atoms with Gasteiger partial charge in [0.15, 0.2) is 0 Å². The Labute approximate surface area is 113 Å². The zero-order valence-corrected chi connectivity index (χ0v) is 11.7. The van der Waals surface area contributed by atoms with Crippen LogP contribution in [0.2, 0.25) is 0 Å². The summed E-state index contributed by atoms with van der Waals surface area (Å²) < 4.78 is 4.65. The number of methoxy groups -OCH3 is 1. The highest BCUT2D eigenvalue weighted by molar-refractivity contribution is 8.00. The Morgan fingerprint density at radius 3 is 3.00 bits per heavy atom. The number of hydrogen-bond acceptors (Lipinski definition) is 4. The Morgan fingerprint density at radius 1 is 1.50 bits per heavy atom. The minimum atomic E-state index is -0.135. The molecule has 1 atom stereocenters. The molecule has 1 heterocycles. The monoisotopic (exact) mass is 265 g/mol. The summed E-state index contributed by atoms with van der Waals surface area (Å²) in [6.07, 6.45) is 1.60. The van der Waals surface area contributed by atoms with Crippen LogP contribution in [0.3, 0.4) is 0 Å². The van der Waals surface area contributed by atoms with Crippen LogP contribution in [0.5, 0.6) is 0 Å². The molecule has 1 unspecified atom stereocenters. The molecule has 0 saturated heterocycles. The van der Waals surface area contributed by atoms with Crippen LogP contribution < -0.4 is 0 Å². The van der Waals surface area contributed by atoms with Crippen molar-refractivity contribution < 1.29 is 9.53 Å². The van der Waals surface area contributed by atoms with Crippen LogP contribution in [0.25, 0.3) is 0 Å². The van der Waals surface area contributed by atoms with Crippen molar-refractivity contribution >= 4 is 17.7 Å². The van der Waals surface area contributed by atoms with Gasteiger partial charge in [-0.25, -0.2) is 0 Å². The van der Waals surface area contributed by atoms with E-state index in [1.54, 1.807) is 0 Å². The highest BCUT2D eigenvalue weighted by Gasteiger charge is 2.22. The molecular weight excluding hydrogens is 246 g/mol. The van der Waals surface area contributed by atoms with Crippen LogP contribution in [-0.4, -0.2) is 43.4 Å². The summed E-state index contributed by atoms with van der Waals surface area (Å²) in [6, 6.07) is 8.59. The quantitative estimate of drug-likeness (QED) is 0.763. The second kappa shape index (κ2) is 6.25. The number of carbonyl (C=O) groups is 1. The van der Waals surface area contributed by atoms with E-state index in [1.807, 2.05) is 11.8 Å². The summed E-state index contributed by atoms with van der Waals surface area (Å²) in [5.74, 6) is -0.135. The van der Waals surface area contributed by atoms with E-state index in [1.165, 1.54) is 17.6 Å². The highest BCUT2D eigenvalue weighted by atomic mass is 32.2. The van der Waals surface area contributed by atoms with Gasteiger partial charge < -0.3 is 9.64 Å². The lowest BCUT2D eigenvalue weighted by atomic mass is 10.1. The number of benzene rings is 1. The summed E-state index contributed by atoms with van der Waals surface area (Å²) in [5, 5.41) is 0.602. The van der Waals surface area contributed by atoms with E-state index in [4.69, 9.17) is 0 Å². The van der Waals surface area contributed by atoms with Gasteiger partial charge in [-0.05, 0) is 25.1 Å². The first-order chi connectivity index (χ1) is 8.69. The number of carbonyl (C=O) groups excluding carboxylic acids is 1. The topological polar surface area (TPSA) is 29.5 Å². The number of esters is 1. The predicted molar refractivity (Wildman–Crippen MR) is 73.9 cm³/mol. The molecule has 0 saturated carbocycles. The Bertz CT molecular complexity index is 397. The van der Waals surface area contributed by atoms with E-state index < -0.39 is 0 Å². The number of rotatable bonds is 5. The second-order valence-corrected chi connectivity index (χ2v) is 5.98. The molecule has 3 nitrogen and oxygen atoms in total. The van der Waals surface area contributed by atoms with Crippen LogP contribution in [-0.2, 0) is 16.0 Å². The zero-order chi connectivity index (χ0) is 13.0. The molecule has 0 amide bonds. The van der Waals surface area contributed by atoms with Gasteiger partial charge in [0.2, 0.25) is 0 Å². The molecule has 18 heavy (non-hydrogen) atoms. The number of nitrogens with zero attached hydrogens (tertiary/aromatic N) is 1. The van der Waals surface area contributed by atoms with E-state index in [-0.39, 0.29) is 5.97 Å². The first-order valence-corrected chi connectivity index (χ1v) is 7.07. The van der Waals surface area contributed by atoms with Crippen LogP contribution >= 0.6 is 11.8 Å². The van der Waals surface area contributed by atoms with E-state index in [9.17, 15) is 4.79 Å². The smallest absolute Gasteiger partial charge is 0.306 e. The van der Waals surface area contributed by atoms with Crippen molar-refractivity contribution in [3.63, 3.8) is 0 Å². The fraction of sp³-hybridized carbons (Fsp3) is 0.500. The van der Waals surface area contributed by atoms with Crippen molar-refractivity contribution in [2.75, 3.05) is 27.2 Å². The summed E-state index contributed by atoms with van der Waals surface area (Å²) >= 11 is 1.95. The number of ether oxygens (including phenoxy) is 1. The zero-order valence-electron chi connectivity index (χ0n) is 10.9. The van der Waals surface area contributed by atoms with Gasteiger partial charge in [-0.3, -0.25) is 4.79 Å². The summed E-state index contributed by atoms with van der Waals surface area (Å²) in [4.78, 5) is 14.7. The van der Waals surface area contributed by atoms with Crippen LogP contribution in [0.4, 0.5) is 0 Å². The lowest BCUT2D eigenvalue weighted by molar-refractivity contribution is -0.140. The van der Waals surface area contributed by atoms with E-state index in [0.29, 0.717) is 11.7 Å². The van der Waals surface area contributed by atoms with Crippen LogP contribution in [0.15, 0.2) is 29.2 Å². The van der Waals surface area contributed by atoms with Gasteiger partial charge in [-0.1, -0.05) is 18.2 Å². The minimum Gasteiger partial charge on any atom is -0.469 e. The molecule has 1 aliphatic heterocycles. The predicted octanol–water partition coefficient (Wildman–Crippen LogP) is 2.20. The van der Waals surface area contributed by atoms with E-state index >= 15 is 0 Å². The van der Waals surface area contributed by atoms with Gasteiger partial charge in [-0.2, -0.15) is 0 Å². The maximum atomic E-state index is 11.1. The molecule has 0 radical (unpaired) electrons. The standard InChI is InChI=1S/C14H19NO2S/c1-15(8-7-14(16)17-2)10-12-9-11-5-3-4-6-13(11)18-12/h3-6,12H,7-10H2,1-2H3. The van der Waals surface area contributed by atoms with Crippen molar-refractivity contribution in [1.82, 2.24) is 4.90 Å². The third kappa shape index (κ3) is 3.50. The molecule has 0 N–H and O–H groups in total. The van der Waals surface area contributed by atoms with Crippen molar-refractivity contribution in [3.8, 4) is 0 Å². The molecule has 1 aromatic rings. The van der Waals surface area contributed by atoms with Crippen molar-refractivity contribution in [1.29, 1.82) is 0 Å². The maximum Gasteiger partial charge on any atom is 0.306 e. The summed E-state index contributed by atoms with van der Waals surface area (Å²) in [5.41, 5.74) is 1.45. The van der Waals surface area contributed by atoms with Crippen molar-refractivity contribution in [2.45, 2.75) is 23.0 Å². The molecule has 0 fully saturated rings. The molecule has 0 spiro atoms. The first-order valence-electron chi connectivity index (χ1n) is 6.19. The summed E-state index contributed by atoms with van der Waals surface area (Å²) in [6.45, 7) is 1.77. The van der Waals surface area contributed by atoms with E-state index in [2.05, 4.69) is 40.9 Å². The third-order valence-corrected chi connectivity index (χ3v) is 4.46. The van der Waals surface area contributed by atoms with Gasteiger partial charge in [0.25, 0.3) is 0 Å². The number of hydrogen-bond donors (Lipinski definition) is 0. The van der Waals surface area contributed by atoms with Crippen molar-refractivity contribution in [2.24, 2.45) is 0 Å². The molecule has 0 aliphatic carbocycles. The molecule has 0 aromatic heterocycles. The molecule has 0 bridgehead atoms. The Balaban J connectivity index is 1.77. The molecule has 1 aromatic carbocycles. The highest BCUT2D eigenvalue weighted by Crippen LogP contribution is 2.36. The maximum absolute atomic E-state index is 11.1. The second-order valence-electron chi connectivity index (χ2n) is 4.64. The summed E-state index contributed by atoms with van der Waals surface area (Å²) in [7, 11) is 3.50. The van der Waals surface area contributed by atoms with Gasteiger partial charge >= 0.3 is 5.97 Å². The first kappa shape index (κ1) is 13.4. The fourth-order valence-corrected chi connectivity index (χ4v) is 3.59. The number of thioether (sulfide) groups is 1.